The summed E-state index contributed by atoms with van der Waals surface area (Å²) in [6.45, 7) is 0.988. The number of imidazole rings is 1. The van der Waals surface area contributed by atoms with Crippen LogP contribution in [0.3, 0.4) is 0 Å². The Morgan fingerprint density at radius 3 is 2.90 bits per heavy atom. The Morgan fingerprint density at radius 2 is 2.25 bits per heavy atom. The van der Waals surface area contributed by atoms with Gasteiger partial charge in [0.2, 0.25) is 0 Å². The fraction of sp³-hybridized carbons (Fsp3) is 0.500. The molecule has 1 saturated carbocycles. The third kappa shape index (κ3) is 2.41. The van der Waals surface area contributed by atoms with E-state index in [9.17, 15) is 5.26 Å². The lowest BCUT2D eigenvalue weighted by atomic mass is 9.83. The van der Waals surface area contributed by atoms with Crippen molar-refractivity contribution in [3.05, 3.63) is 29.6 Å². The molecule has 0 N–H and O–H groups in total. The van der Waals surface area contributed by atoms with Crippen molar-refractivity contribution in [2.24, 2.45) is 5.92 Å². The summed E-state index contributed by atoms with van der Waals surface area (Å²) in [4.78, 5) is 4.65. The third-order valence-electron chi connectivity index (χ3n) is 4.28. The Labute approximate surface area is 124 Å². The van der Waals surface area contributed by atoms with E-state index in [4.69, 9.17) is 11.6 Å². The molecule has 1 aromatic heterocycles. The van der Waals surface area contributed by atoms with Crippen molar-refractivity contribution < 1.29 is 0 Å². The Hall–Kier alpha value is -1.53. The van der Waals surface area contributed by atoms with Gasteiger partial charge in [-0.2, -0.15) is 5.26 Å². The molecule has 1 heterocycles. The zero-order valence-electron chi connectivity index (χ0n) is 11.5. The van der Waals surface area contributed by atoms with Crippen LogP contribution in [0.1, 0.15) is 37.1 Å². The number of rotatable bonds is 5. The van der Waals surface area contributed by atoms with Crippen LogP contribution in [0.15, 0.2) is 18.2 Å². The molecule has 0 atom stereocenters. The second-order valence-corrected chi connectivity index (χ2v) is 5.87. The molecule has 0 amide bonds. The Morgan fingerprint density at radius 1 is 1.40 bits per heavy atom. The molecule has 2 aromatic rings. The molecular formula is C16H18ClN3. The van der Waals surface area contributed by atoms with E-state index in [1.54, 1.807) is 0 Å². The molecule has 104 valence electrons. The summed E-state index contributed by atoms with van der Waals surface area (Å²) in [6.07, 6.45) is 6.06. The smallest absolute Gasteiger partial charge is 0.111 e. The number of halogens is 1. The van der Waals surface area contributed by atoms with E-state index in [1.807, 2.05) is 12.1 Å². The van der Waals surface area contributed by atoms with Gasteiger partial charge in [-0.1, -0.05) is 25.3 Å². The van der Waals surface area contributed by atoms with Gasteiger partial charge in [-0.3, -0.25) is 0 Å². The number of alkyl halides is 1. The van der Waals surface area contributed by atoms with E-state index in [0.29, 0.717) is 11.4 Å². The van der Waals surface area contributed by atoms with Gasteiger partial charge in [-0.25, -0.2) is 4.98 Å². The van der Waals surface area contributed by atoms with Crippen LogP contribution in [0.4, 0.5) is 0 Å². The van der Waals surface area contributed by atoms with Gasteiger partial charge in [0.15, 0.2) is 0 Å². The molecule has 0 saturated heterocycles. The molecule has 0 spiro atoms. The third-order valence-corrected chi connectivity index (χ3v) is 4.47. The molecule has 0 aliphatic heterocycles. The normalized spacial score (nSPS) is 15.2. The van der Waals surface area contributed by atoms with Gasteiger partial charge in [-0.05, 0) is 24.5 Å². The van der Waals surface area contributed by atoms with E-state index in [1.165, 1.54) is 25.7 Å². The van der Waals surface area contributed by atoms with Gasteiger partial charge in [0, 0.05) is 18.8 Å². The van der Waals surface area contributed by atoms with Crippen molar-refractivity contribution in [3.63, 3.8) is 0 Å². The zero-order valence-corrected chi connectivity index (χ0v) is 12.2. The number of benzene rings is 1. The monoisotopic (exact) mass is 287 g/mol. The summed E-state index contributed by atoms with van der Waals surface area (Å²) in [5.41, 5.74) is 2.55. The number of fused-ring (bicyclic) bond motifs is 1. The van der Waals surface area contributed by atoms with Crippen LogP contribution >= 0.6 is 11.6 Å². The highest BCUT2D eigenvalue weighted by Crippen LogP contribution is 2.31. The van der Waals surface area contributed by atoms with Crippen LogP contribution in [-0.2, 0) is 13.0 Å². The molecule has 1 aliphatic carbocycles. The number of hydrogen-bond donors (Lipinski definition) is 0. The molecule has 4 heteroatoms. The topological polar surface area (TPSA) is 41.6 Å². The van der Waals surface area contributed by atoms with Crippen molar-refractivity contribution in [3.8, 4) is 6.07 Å². The quantitative estimate of drug-likeness (QED) is 0.783. The average molecular weight is 288 g/mol. The second-order valence-electron chi connectivity index (χ2n) is 5.49. The highest BCUT2D eigenvalue weighted by Gasteiger charge is 2.19. The molecule has 3 rings (SSSR count). The molecular weight excluding hydrogens is 270 g/mol. The molecule has 0 unspecified atom stereocenters. The minimum atomic E-state index is 0.564. The maximum atomic E-state index is 9.21. The first-order valence-electron chi connectivity index (χ1n) is 7.27. The van der Waals surface area contributed by atoms with Gasteiger partial charge < -0.3 is 4.57 Å². The summed E-state index contributed by atoms with van der Waals surface area (Å²) < 4.78 is 2.26. The van der Waals surface area contributed by atoms with Crippen molar-refractivity contribution >= 4 is 22.6 Å². The summed E-state index contributed by atoms with van der Waals surface area (Å²) >= 11 is 5.89. The largest absolute Gasteiger partial charge is 0.328 e. The summed E-state index contributed by atoms with van der Waals surface area (Å²) in [5.74, 6) is 2.45. The molecule has 0 bridgehead atoms. The molecule has 1 aliphatic rings. The molecule has 3 nitrogen and oxygen atoms in total. The number of nitrogens with zero attached hydrogens (tertiary/aromatic N) is 3. The number of aromatic nitrogens is 2. The SMILES string of the molecule is N#Cc1cccc2c1nc(CCCl)n2CCC1CCC1. The van der Waals surface area contributed by atoms with E-state index in [0.717, 1.165) is 35.7 Å². The van der Waals surface area contributed by atoms with Crippen LogP contribution in [-0.4, -0.2) is 15.4 Å². The van der Waals surface area contributed by atoms with Crippen LogP contribution < -0.4 is 0 Å². The van der Waals surface area contributed by atoms with E-state index >= 15 is 0 Å². The van der Waals surface area contributed by atoms with Crippen molar-refractivity contribution in [2.45, 2.75) is 38.6 Å². The van der Waals surface area contributed by atoms with E-state index in [-0.39, 0.29) is 0 Å². The first-order valence-corrected chi connectivity index (χ1v) is 7.81. The van der Waals surface area contributed by atoms with Crippen molar-refractivity contribution in [1.29, 1.82) is 5.26 Å². The van der Waals surface area contributed by atoms with Gasteiger partial charge in [0.05, 0.1) is 11.1 Å². The van der Waals surface area contributed by atoms with Crippen LogP contribution in [0.2, 0.25) is 0 Å². The lowest BCUT2D eigenvalue weighted by Crippen LogP contribution is -2.15. The fourth-order valence-electron chi connectivity index (χ4n) is 2.90. The average Bonchev–Trinajstić information content (AvgIpc) is 2.75. The van der Waals surface area contributed by atoms with Crippen LogP contribution in [0, 0.1) is 17.2 Å². The highest BCUT2D eigenvalue weighted by molar-refractivity contribution is 6.17. The Kier molecular flexibility index (Phi) is 3.93. The lowest BCUT2D eigenvalue weighted by molar-refractivity contribution is 0.282. The molecule has 20 heavy (non-hydrogen) atoms. The predicted octanol–water partition coefficient (Wildman–Crippen LogP) is 3.88. The van der Waals surface area contributed by atoms with Gasteiger partial charge >= 0.3 is 0 Å². The second kappa shape index (κ2) is 5.85. The predicted molar refractivity (Wildman–Crippen MR) is 80.8 cm³/mol. The molecule has 0 radical (unpaired) electrons. The Bertz CT molecular complexity index is 650. The number of para-hydroxylation sites is 1. The number of hydrogen-bond acceptors (Lipinski definition) is 2. The minimum absolute atomic E-state index is 0.564. The maximum Gasteiger partial charge on any atom is 0.111 e. The first kappa shape index (κ1) is 13.5. The van der Waals surface area contributed by atoms with E-state index in [2.05, 4.69) is 21.7 Å². The van der Waals surface area contributed by atoms with Crippen molar-refractivity contribution in [2.75, 3.05) is 5.88 Å². The van der Waals surface area contributed by atoms with Gasteiger partial charge in [0.25, 0.3) is 0 Å². The van der Waals surface area contributed by atoms with Crippen molar-refractivity contribution in [1.82, 2.24) is 9.55 Å². The molecule has 1 fully saturated rings. The lowest BCUT2D eigenvalue weighted by Gasteiger charge is -2.25. The standard InChI is InChI=1S/C16H18ClN3/c17-9-7-15-19-16-13(11-18)5-2-6-14(16)20(15)10-8-12-3-1-4-12/h2,5-6,12H,1,3-4,7-10H2. The summed E-state index contributed by atoms with van der Waals surface area (Å²) in [7, 11) is 0. The molecule has 1 aromatic carbocycles. The number of aryl methyl sites for hydroxylation is 2. The summed E-state index contributed by atoms with van der Waals surface area (Å²) in [6, 6.07) is 8.06. The van der Waals surface area contributed by atoms with Gasteiger partial charge in [0.1, 0.15) is 17.4 Å². The number of nitriles is 1. The van der Waals surface area contributed by atoms with E-state index < -0.39 is 0 Å². The fourth-order valence-corrected chi connectivity index (χ4v) is 3.07. The highest BCUT2D eigenvalue weighted by atomic mass is 35.5. The minimum Gasteiger partial charge on any atom is -0.328 e. The van der Waals surface area contributed by atoms with Crippen LogP contribution in [0.5, 0.6) is 0 Å². The first-order chi connectivity index (χ1) is 9.83. The maximum absolute atomic E-state index is 9.21. The van der Waals surface area contributed by atoms with Gasteiger partial charge in [-0.15, -0.1) is 11.6 Å². The van der Waals surface area contributed by atoms with Crippen LogP contribution in [0.25, 0.3) is 11.0 Å². The summed E-state index contributed by atoms with van der Waals surface area (Å²) in [5, 5.41) is 9.21. The zero-order chi connectivity index (χ0) is 13.9. The Balaban J connectivity index is 1.97.